The Labute approximate surface area is 95.6 Å². The highest BCUT2D eigenvalue weighted by Gasteiger charge is 2.10. The van der Waals surface area contributed by atoms with Gasteiger partial charge in [0.2, 0.25) is 9.05 Å². The third-order valence-corrected chi connectivity index (χ3v) is 4.11. The first kappa shape index (κ1) is 14.6. The molecule has 0 aliphatic carbocycles. The second-order valence-corrected chi connectivity index (χ2v) is 7.19. The van der Waals surface area contributed by atoms with Gasteiger partial charge in [0.1, 0.15) is 0 Å². The van der Waals surface area contributed by atoms with Crippen LogP contribution in [0.4, 0.5) is 0 Å². The lowest BCUT2D eigenvalue weighted by Gasteiger charge is -2.23. The van der Waals surface area contributed by atoms with Crippen LogP contribution in [0.3, 0.4) is 0 Å². The van der Waals surface area contributed by atoms with Gasteiger partial charge in [-0.25, -0.2) is 8.42 Å². The molecular formula is C8H18ClNO2S2. The van der Waals surface area contributed by atoms with E-state index in [-0.39, 0.29) is 5.75 Å². The van der Waals surface area contributed by atoms with Crippen LogP contribution in [0.1, 0.15) is 13.3 Å². The summed E-state index contributed by atoms with van der Waals surface area (Å²) in [7, 11) is 3.79. The highest BCUT2D eigenvalue weighted by atomic mass is 35.7. The van der Waals surface area contributed by atoms with Crippen LogP contribution >= 0.6 is 22.4 Å². The molecule has 0 heterocycles. The Kier molecular flexibility index (Phi) is 7.20. The zero-order valence-electron chi connectivity index (χ0n) is 8.86. The zero-order valence-corrected chi connectivity index (χ0v) is 11.3. The first-order valence-electron chi connectivity index (χ1n) is 4.48. The highest BCUT2D eigenvalue weighted by molar-refractivity contribution is 8.13. The highest BCUT2D eigenvalue weighted by Crippen LogP contribution is 2.05. The quantitative estimate of drug-likeness (QED) is 0.652. The molecule has 0 aromatic carbocycles. The maximum absolute atomic E-state index is 10.7. The van der Waals surface area contributed by atoms with Gasteiger partial charge in [0.25, 0.3) is 0 Å². The molecule has 14 heavy (non-hydrogen) atoms. The minimum absolute atomic E-state index is 0.0604. The van der Waals surface area contributed by atoms with Crippen LogP contribution in [0.25, 0.3) is 0 Å². The number of halogens is 1. The molecule has 86 valence electrons. The monoisotopic (exact) mass is 259 g/mol. The Hall–Kier alpha value is 0.550. The Morgan fingerprint density at radius 1 is 1.50 bits per heavy atom. The van der Waals surface area contributed by atoms with Gasteiger partial charge in [-0.3, -0.25) is 0 Å². The van der Waals surface area contributed by atoms with E-state index < -0.39 is 9.05 Å². The standard InChI is InChI=1S/C8H18ClNO2S2/c1-8(7-13-3)10(2)5-4-6-14(9,11)12/h8H,4-7H2,1-3H3. The molecule has 1 atom stereocenters. The van der Waals surface area contributed by atoms with Gasteiger partial charge in [0.05, 0.1) is 5.75 Å². The number of hydrogen-bond acceptors (Lipinski definition) is 4. The summed E-state index contributed by atoms with van der Waals surface area (Å²) in [6.07, 6.45) is 2.66. The molecule has 0 aromatic rings. The molecule has 0 amide bonds. The molecular weight excluding hydrogens is 242 g/mol. The molecule has 0 radical (unpaired) electrons. The van der Waals surface area contributed by atoms with E-state index in [0.29, 0.717) is 12.5 Å². The van der Waals surface area contributed by atoms with Crippen LogP contribution in [-0.4, -0.2) is 50.7 Å². The first-order chi connectivity index (χ1) is 6.37. The molecule has 1 unspecified atom stereocenters. The average Bonchev–Trinajstić information content (AvgIpc) is 2.02. The van der Waals surface area contributed by atoms with E-state index >= 15 is 0 Å². The van der Waals surface area contributed by atoms with Gasteiger partial charge in [0.15, 0.2) is 0 Å². The van der Waals surface area contributed by atoms with Gasteiger partial charge in [-0.2, -0.15) is 11.8 Å². The Morgan fingerprint density at radius 3 is 2.50 bits per heavy atom. The average molecular weight is 260 g/mol. The molecule has 0 saturated heterocycles. The zero-order chi connectivity index (χ0) is 11.2. The van der Waals surface area contributed by atoms with Crippen molar-refractivity contribution in [2.75, 3.05) is 31.4 Å². The second-order valence-electron chi connectivity index (χ2n) is 3.38. The maximum atomic E-state index is 10.7. The molecule has 0 rings (SSSR count). The summed E-state index contributed by atoms with van der Waals surface area (Å²) < 4.78 is 21.3. The van der Waals surface area contributed by atoms with Crippen LogP contribution < -0.4 is 0 Å². The Bertz CT molecular complexity index is 244. The van der Waals surface area contributed by atoms with Crippen LogP contribution in [0.5, 0.6) is 0 Å². The van der Waals surface area contributed by atoms with E-state index in [1.807, 2.05) is 7.05 Å². The van der Waals surface area contributed by atoms with E-state index in [1.165, 1.54) is 0 Å². The molecule has 0 aliphatic heterocycles. The number of hydrogen-bond donors (Lipinski definition) is 0. The topological polar surface area (TPSA) is 37.4 Å². The van der Waals surface area contributed by atoms with Crippen molar-refractivity contribution in [3.63, 3.8) is 0 Å². The summed E-state index contributed by atoms with van der Waals surface area (Å²) in [5.74, 6) is 1.12. The van der Waals surface area contributed by atoms with Crippen molar-refractivity contribution in [1.29, 1.82) is 0 Å². The van der Waals surface area contributed by atoms with Gasteiger partial charge in [-0.1, -0.05) is 0 Å². The van der Waals surface area contributed by atoms with Gasteiger partial charge in [-0.15, -0.1) is 0 Å². The van der Waals surface area contributed by atoms with Crippen LogP contribution in [-0.2, 0) is 9.05 Å². The van der Waals surface area contributed by atoms with Gasteiger partial charge < -0.3 is 4.90 Å². The lowest BCUT2D eigenvalue weighted by Crippen LogP contribution is -2.32. The fraction of sp³-hybridized carbons (Fsp3) is 1.00. The van der Waals surface area contributed by atoms with Crippen molar-refractivity contribution in [3.05, 3.63) is 0 Å². The van der Waals surface area contributed by atoms with Crippen molar-refractivity contribution < 1.29 is 8.42 Å². The molecule has 6 heteroatoms. The molecule has 0 spiro atoms. The predicted octanol–water partition coefficient (Wildman–Crippen LogP) is 1.63. The van der Waals surface area contributed by atoms with Crippen molar-refractivity contribution in [1.82, 2.24) is 4.90 Å². The summed E-state index contributed by atoms with van der Waals surface area (Å²) in [4.78, 5) is 2.15. The largest absolute Gasteiger partial charge is 0.303 e. The summed E-state index contributed by atoms with van der Waals surface area (Å²) in [5, 5.41) is 0. The fourth-order valence-electron chi connectivity index (χ4n) is 1.08. The predicted molar refractivity (Wildman–Crippen MR) is 64.7 cm³/mol. The van der Waals surface area contributed by atoms with Crippen molar-refractivity contribution in [2.45, 2.75) is 19.4 Å². The molecule has 3 nitrogen and oxygen atoms in total. The minimum atomic E-state index is -3.32. The van der Waals surface area contributed by atoms with Crippen LogP contribution in [0, 0.1) is 0 Å². The molecule has 0 saturated carbocycles. The van der Waals surface area contributed by atoms with E-state index in [4.69, 9.17) is 10.7 Å². The summed E-state index contributed by atoms with van der Waals surface area (Å²) >= 11 is 1.79. The molecule has 0 aromatic heterocycles. The Morgan fingerprint density at radius 2 is 2.07 bits per heavy atom. The van der Waals surface area contributed by atoms with Crippen LogP contribution in [0.2, 0.25) is 0 Å². The van der Waals surface area contributed by atoms with E-state index in [2.05, 4.69) is 18.1 Å². The van der Waals surface area contributed by atoms with E-state index in [0.717, 1.165) is 12.3 Å². The molecule has 0 aliphatic rings. The number of rotatable bonds is 7. The lowest BCUT2D eigenvalue weighted by molar-refractivity contribution is 0.279. The van der Waals surface area contributed by atoms with E-state index in [9.17, 15) is 8.42 Å². The van der Waals surface area contributed by atoms with Crippen LogP contribution in [0.15, 0.2) is 0 Å². The summed E-state index contributed by atoms with van der Waals surface area (Å²) in [5.41, 5.74) is 0. The number of nitrogens with zero attached hydrogens (tertiary/aromatic N) is 1. The second kappa shape index (κ2) is 6.93. The van der Waals surface area contributed by atoms with Gasteiger partial charge >= 0.3 is 0 Å². The Balaban J connectivity index is 3.68. The normalized spacial score (nSPS) is 14.6. The third kappa shape index (κ3) is 7.91. The van der Waals surface area contributed by atoms with Gasteiger partial charge in [-0.05, 0) is 33.2 Å². The van der Waals surface area contributed by atoms with Crippen molar-refractivity contribution in [3.8, 4) is 0 Å². The van der Waals surface area contributed by atoms with Crippen molar-refractivity contribution >= 4 is 31.5 Å². The molecule has 0 bridgehead atoms. The molecule has 0 fully saturated rings. The van der Waals surface area contributed by atoms with Crippen molar-refractivity contribution in [2.24, 2.45) is 0 Å². The summed E-state index contributed by atoms with van der Waals surface area (Å²) in [6, 6.07) is 0.475. The number of thioether (sulfide) groups is 1. The molecule has 0 N–H and O–H groups in total. The third-order valence-electron chi connectivity index (χ3n) is 2.06. The minimum Gasteiger partial charge on any atom is -0.303 e. The van der Waals surface area contributed by atoms with Gasteiger partial charge in [0, 0.05) is 22.5 Å². The summed E-state index contributed by atoms with van der Waals surface area (Å²) in [6.45, 7) is 2.90. The SMILES string of the molecule is CSCC(C)N(C)CCCS(=O)(=O)Cl. The fourth-order valence-corrected chi connectivity index (χ4v) is 2.61. The first-order valence-corrected chi connectivity index (χ1v) is 8.35. The van der Waals surface area contributed by atoms with E-state index in [1.54, 1.807) is 11.8 Å². The lowest BCUT2D eigenvalue weighted by atomic mass is 10.3. The maximum Gasteiger partial charge on any atom is 0.232 e. The smallest absolute Gasteiger partial charge is 0.232 e.